The highest BCUT2D eigenvalue weighted by atomic mass is 32.2. The first-order valence-electron chi connectivity index (χ1n) is 8.91. The molecule has 2 aromatic heterocycles. The number of thioether (sulfide) groups is 1. The fraction of sp³-hybridized carbons (Fsp3) is 0.0952. The number of nitrogens with zero attached hydrogens (tertiary/aromatic N) is 4. The zero-order valence-corrected chi connectivity index (χ0v) is 16.3. The second kappa shape index (κ2) is 8.24. The molecule has 2 heterocycles. The quantitative estimate of drug-likeness (QED) is 0.389. The highest BCUT2D eigenvalue weighted by Crippen LogP contribution is 2.34. The summed E-state index contributed by atoms with van der Waals surface area (Å²) in [5.41, 5.74) is 1.93. The van der Waals surface area contributed by atoms with Crippen LogP contribution in [0.4, 0.5) is 5.69 Å². The van der Waals surface area contributed by atoms with Crippen molar-refractivity contribution in [1.29, 1.82) is 0 Å². The number of anilines is 1. The van der Waals surface area contributed by atoms with Crippen LogP contribution >= 0.6 is 11.8 Å². The Kier molecular flexibility index (Phi) is 5.35. The lowest BCUT2D eigenvalue weighted by atomic mass is 10.1. The Hall–Kier alpha value is -3.52. The number of hydrogen-bond acceptors (Lipinski definition) is 6. The smallest absolute Gasteiger partial charge is 0.253 e. The molecule has 0 saturated carbocycles. The van der Waals surface area contributed by atoms with Crippen molar-refractivity contribution in [3.8, 4) is 0 Å². The first-order chi connectivity index (χ1) is 14.1. The van der Waals surface area contributed by atoms with Crippen LogP contribution in [-0.2, 0) is 4.79 Å². The molecule has 4 aromatic rings. The number of hydrogen-bond donors (Lipinski definition) is 1. The first-order valence-corrected chi connectivity index (χ1v) is 9.79. The average molecular weight is 403 g/mol. The molecule has 1 atom stereocenters. The summed E-state index contributed by atoms with van der Waals surface area (Å²) in [5, 5.41) is 7.16. The Bertz CT molecular complexity index is 1140. The van der Waals surface area contributed by atoms with Crippen molar-refractivity contribution in [3.63, 3.8) is 0 Å². The van der Waals surface area contributed by atoms with Gasteiger partial charge in [0, 0.05) is 23.6 Å². The molecule has 1 N–H and O–H groups in total. The first kappa shape index (κ1) is 18.8. The van der Waals surface area contributed by atoms with Gasteiger partial charge in [-0.25, -0.2) is 9.50 Å². The van der Waals surface area contributed by atoms with Crippen molar-refractivity contribution in [3.05, 3.63) is 84.2 Å². The minimum atomic E-state index is -0.574. The number of amides is 1. The minimum Gasteiger partial charge on any atom is -0.325 e. The molecule has 2 aromatic carbocycles. The lowest BCUT2D eigenvalue weighted by molar-refractivity contribution is -0.115. The monoisotopic (exact) mass is 403 g/mol. The second-order valence-electron chi connectivity index (χ2n) is 6.29. The summed E-state index contributed by atoms with van der Waals surface area (Å²) in [4.78, 5) is 33.3. The van der Waals surface area contributed by atoms with Crippen molar-refractivity contribution in [1.82, 2.24) is 19.6 Å². The van der Waals surface area contributed by atoms with Crippen LogP contribution in [0.3, 0.4) is 0 Å². The summed E-state index contributed by atoms with van der Waals surface area (Å²) in [7, 11) is 0. The van der Waals surface area contributed by atoms with Crippen LogP contribution in [0.1, 0.15) is 28.1 Å². The molecule has 0 spiro atoms. The van der Waals surface area contributed by atoms with Crippen molar-refractivity contribution in [2.24, 2.45) is 0 Å². The highest BCUT2D eigenvalue weighted by Gasteiger charge is 2.24. The number of carbonyl (C=O) groups excluding carboxylic acids is 2. The van der Waals surface area contributed by atoms with Crippen LogP contribution in [-0.4, -0.2) is 31.3 Å². The van der Waals surface area contributed by atoms with Gasteiger partial charge in [-0.05, 0) is 30.7 Å². The molecule has 4 rings (SSSR count). The van der Waals surface area contributed by atoms with E-state index in [-0.39, 0.29) is 11.7 Å². The molecular weight excluding hydrogens is 386 g/mol. The zero-order valence-electron chi connectivity index (χ0n) is 15.5. The van der Waals surface area contributed by atoms with Gasteiger partial charge in [0.1, 0.15) is 5.25 Å². The molecule has 29 heavy (non-hydrogen) atoms. The van der Waals surface area contributed by atoms with Gasteiger partial charge >= 0.3 is 0 Å². The van der Waals surface area contributed by atoms with E-state index in [1.165, 1.54) is 18.7 Å². The third-order valence-electron chi connectivity index (χ3n) is 4.20. The Balaban J connectivity index is 1.62. The Labute approximate surface area is 171 Å². The number of fused-ring (bicyclic) bond motifs is 1. The Morgan fingerprint density at radius 3 is 2.66 bits per heavy atom. The van der Waals surface area contributed by atoms with Gasteiger partial charge in [-0.15, -0.1) is 5.10 Å². The predicted octanol–water partition coefficient (Wildman–Crippen LogP) is 3.80. The molecule has 0 aliphatic rings. The third kappa shape index (κ3) is 4.33. The van der Waals surface area contributed by atoms with E-state index in [1.807, 2.05) is 30.3 Å². The van der Waals surface area contributed by atoms with E-state index in [0.717, 1.165) is 5.56 Å². The predicted molar refractivity (Wildman–Crippen MR) is 111 cm³/mol. The number of Topliss-reactive ketones (excluding diaryl/α,β-unsaturated/α-hetero) is 1. The van der Waals surface area contributed by atoms with Crippen LogP contribution in [0.2, 0.25) is 0 Å². The van der Waals surface area contributed by atoms with Crippen LogP contribution in [0.25, 0.3) is 5.78 Å². The van der Waals surface area contributed by atoms with E-state index < -0.39 is 5.25 Å². The number of nitrogens with one attached hydrogen (secondary N) is 1. The molecule has 0 radical (unpaired) electrons. The van der Waals surface area contributed by atoms with Gasteiger partial charge in [0.05, 0.1) is 0 Å². The van der Waals surface area contributed by atoms with Crippen LogP contribution in [0.5, 0.6) is 0 Å². The van der Waals surface area contributed by atoms with E-state index >= 15 is 0 Å². The molecule has 0 aliphatic heterocycles. The van der Waals surface area contributed by atoms with Crippen molar-refractivity contribution < 1.29 is 9.59 Å². The molecule has 0 fully saturated rings. The maximum Gasteiger partial charge on any atom is 0.253 e. The Morgan fingerprint density at radius 1 is 1.07 bits per heavy atom. The number of rotatable bonds is 6. The van der Waals surface area contributed by atoms with Crippen LogP contribution in [0, 0.1) is 0 Å². The lowest BCUT2D eigenvalue weighted by Gasteiger charge is -2.15. The molecular formula is C21H17N5O2S. The number of carbonyl (C=O) groups is 2. The van der Waals surface area contributed by atoms with E-state index in [2.05, 4.69) is 20.4 Å². The lowest BCUT2D eigenvalue weighted by Crippen LogP contribution is -2.19. The summed E-state index contributed by atoms with van der Waals surface area (Å²) in [5.74, 6) is 0.182. The molecule has 1 unspecified atom stereocenters. The largest absolute Gasteiger partial charge is 0.325 e. The number of ketones is 1. The molecule has 144 valence electrons. The fourth-order valence-electron chi connectivity index (χ4n) is 2.79. The van der Waals surface area contributed by atoms with Crippen LogP contribution in [0.15, 0.2) is 78.2 Å². The van der Waals surface area contributed by atoms with Gasteiger partial charge in [0.15, 0.2) is 5.78 Å². The molecule has 0 saturated heterocycles. The summed E-state index contributed by atoms with van der Waals surface area (Å²) >= 11 is 1.24. The van der Waals surface area contributed by atoms with Gasteiger partial charge in [-0.1, -0.05) is 54.2 Å². The van der Waals surface area contributed by atoms with Gasteiger partial charge in [0.25, 0.3) is 5.78 Å². The topological polar surface area (TPSA) is 89.2 Å². The molecule has 0 bridgehead atoms. The van der Waals surface area contributed by atoms with Crippen LogP contribution < -0.4 is 5.32 Å². The van der Waals surface area contributed by atoms with Crippen molar-refractivity contribution in [2.45, 2.75) is 17.3 Å². The summed E-state index contributed by atoms with van der Waals surface area (Å²) in [6.07, 6.45) is 3.39. The van der Waals surface area contributed by atoms with Gasteiger partial charge in [0.2, 0.25) is 11.1 Å². The number of aromatic nitrogens is 4. The van der Waals surface area contributed by atoms with E-state index in [1.54, 1.807) is 47.2 Å². The van der Waals surface area contributed by atoms with E-state index in [9.17, 15) is 9.59 Å². The Morgan fingerprint density at radius 2 is 1.90 bits per heavy atom. The van der Waals surface area contributed by atoms with Gasteiger partial charge in [-0.3, -0.25) is 9.59 Å². The van der Waals surface area contributed by atoms with Gasteiger partial charge < -0.3 is 5.32 Å². The molecule has 8 heteroatoms. The molecule has 7 nitrogen and oxygen atoms in total. The average Bonchev–Trinajstić information content (AvgIpc) is 3.15. The summed E-state index contributed by atoms with van der Waals surface area (Å²) < 4.78 is 1.57. The fourth-order valence-corrected chi connectivity index (χ4v) is 3.73. The third-order valence-corrected chi connectivity index (χ3v) is 5.30. The maximum absolute atomic E-state index is 13.1. The maximum atomic E-state index is 13.1. The standard InChI is InChI=1S/C21H17N5O2S/c1-14(27)16-9-5-10-17(13-16)23-19(28)18(15-7-3-2-4-8-15)29-21-24-20-22-11-6-12-26(20)25-21/h2-13,18H,1H3,(H,23,28). The molecule has 1 amide bonds. The highest BCUT2D eigenvalue weighted by molar-refractivity contribution is 8.00. The summed E-state index contributed by atoms with van der Waals surface area (Å²) in [6.45, 7) is 1.49. The normalized spacial score (nSPS) is 11.9. The van der Waals surface area contributed by atoms with Gasteiger partial charge in [-0.2, -0.15) is 4.98 Å². The van der Waals surface area contributed by atoms with Crippen molar-refractivity contribution >= 4 is 34.9 Å². The number of benzene rings is 2. The van der Waals surface area contributed by atoms with E-state index in [4.69, 9.17) is 0 Å². The van der Waals surface area contributed by atoms with E-state index in [0.29, 0.717) is 22.2 Å². The molecule has 0 aliphatic carbocycles. The van der Waals surface area contributed by atoms with Crippen molar-refractivity contribution in [2.75, 3.05) is 5.32 Å². The SMILES string of the molecule is CC(=O)c1cccc(NC(=O)C(Sc2nc3ncccn3n2)c2ccccc2)c1. The zero-order chi connectivity index (χ0) is 20.2. The summed E-state index contributed by atoms with van der Waals surface area (Å²) in [6, 6.07) is 18.1. The minimum absolute atomic E-state index is 0.0588. The second-order valence-corrected chi connectivity index (χ2v) is 7.37.